The number of benzene rings is 2. The molecule has 0 aliphatic rings. The van der Waals surface area contributed by atoms with Crippen LogP contribution >= 0.6 is 23.4 Å². The number of carbonyl (C=O) groups is 1. The Bertz CT molecular complexity index is 1170. The van der Waals surface area contributed by atoms with Crippen molar-refractivity contribution in [1.29, 1.82) is 0 Å². The number of hydrogen-bond acceptors (Lipinski definition) is 6. The number of carboxylic acid groups (broad SMARTS) is 1. The molecule has 0 spiro atoms. The average Bonchev–Trinajstić information content (AvgIpc) is 3.41. The first-order valence-electron chi connectivity index (χ1n) is 8.84. The molecule has 0 bridgehead atoms. The standard InChI is InChI=1S/C21H15ClN4O3S/c22-17-9-7-15(8-10-17)19-24-25-21(26(19)23-12-18-2-1-11-29-18)30-13-14-3-5-16(6-4-14)20(27)28/h1-12H,13H2,(H,27,28). The second-order valence-electron chi connectivity index (χ2n) is 6.18. The van der Waals surface area contributed by atoms with Gasteiger partial charge in [0, 0.05) is 16.3 Å². The van der Waals surface area contributed by atoms with Gasteiger partial charge in [-0.15, -0.1) is 10.2 Å². The maximum Gasteiger partial charge on any atom is 0.335 e. The number of rotatable bonds is 7. The fourth-order valence-corrected chi connectivity index (χ4v) is 3.58. The second kappa shape index (κ2) is 8.98. The Balaban J connectivity index is 1.61. The van der Waals surface area contributed by atoms with E-state index in [1.54, 1.807) is 65.7 Å². The minimum atomic E-state index is -0.950. The number of aromatic carboxylic acids is 1. The van der Waals surface area contributed by atoms with Crippen LogP contribution in [0.1, 0.15) is 21.7 Å². The van der Waals surface area contributed by atoms with Crippen molar-refractivity contribution in [3.63, 3.8) is 0 Å². The molecule has 9 heteroatoms. The third-order valence-electron chi connectivity index (χ3n) is 4.13. The van der Waals surface area contributed by atoms with Gasteiger partial charge < -0.3 is 9.52 Å². The van der Waals surface area contributed by atoms with Crippen molar-refractivity contribution in [3.8, 4) is 11.4 Å². The maximum absolute atomic E-state index is 11.0. The summed E-state index contributed by atoms with van der Waals surface area (Å²) in [4.78, 5) is 11.0. The number of aromatic nitrogens is 3. The minimum absolute atomic E-state index is 0.250. The maximum atomic E-state index is 11.0. The summed E-state index contributed by atoms with van der Waals surface area (Å²) in [5.74, 6) is 0.799. The molecular formula is C21H15ClN4O3S. The molecule has 0 atom stereocenters. The number of halogens is 1. The van der Waals surface area contributed by atoms with E-state index in [4.69, 9.17) is 21.1 Å². The van der Waals surface area contributed by atoms with Gasteiger partial charge >= 0.3 is 5.97 Å². The molecule has 4 aromatic rings. The van der Waals surface area contributed by atoms with Crippen molar-refractivity contribution in [3.05, 3.63) is 88.8 Å². The lowest BCUT2D eigenvalue weighted by Crippen LogP contribution is -1.97. The van der Waals surface area contributed by atoms with E-state index in [-0.39, 0.29) is 5.56 Å². The highest BCUT2D eigenvalue weighted by molar-refractivity contribution is 7.98. The predicted octanol–water partition coefficient (Wildman–Crippen LogP) is 5.06. The van der Waals surface area contributed by atoms with Crippen LogP contribution in [0.25, 0.3) is 11.4 Å². The Labute approximate surface area is 181 Å². The Hall–Kier alpha value is -3.36. The first kappa shape index (κ1) is 19.9. The van der Waals surface area contributed by atoms with E-state index in [1.807, 2.05) is 12.1 Å². The molecule has 7 nitrogen and oxygen atoms in total. The van der Waals surface area contributed by atoms with Gasteiger partial charge in [0.25, 0.3) is 0 Å². The van der Waals surface area contributed by atoms with Crippen LogP contribution in [0.4, 0.5) is 0 Å². The van der Waals surface area contributed by atoms with Crippen LogP contribution in [0, 0.1) is 0 Å². The quantitative estimate of drug-likeness (QED) is 0.320. The third-order valence-corrected chi connectivity index (χ3v) is 5.37. The van der Waals surface area contributed by atoms with Crippen LogP contribution in [0.15, 0.2) is 81.6 Å². The zero-order chi connectivity index (χ0) is 20.9. The smallest absolute Gasteiger partial charge is 0.335 e. The highest BCUT2D eigenvalue weighted by atomic mass is 35.5. The van der Waals surface area contributed by atoms with Crippen molar-refractivity contribution >= 4 is 35.5 Å². The van der Waals surface area contributed by atoms with Crippen LogP contribution < -0.4 is 0 Å². The van der Waals surface area contributed by atoms with Crippen LogP contribution in [0.5, 0.6) is 0 Å². The summed E-state index contributed by atoms with van der Waals surface area (Å²) in [6, 6.07) is 17.6. The molecule has 0 radical (unpaired) electrons. The van der Waals surface area contributed by atoms with Crippen molar-refractivity contribution in [2.75, 3.05) is 0 Å². The molecular weight excluding hydrogens is 424 g/mol. The molecule has 150 valence electrons. The molecule has 4 rings (SSSR count). The van der Waals surface area contributed by atoms with Gasteiger partial charge in [0.05, 0.1) is 18.0 Å². The molecule has 0 saturated heterocycles. The lowest BCUT2D eigenvalue weighted by atomic mass is 10.1. The Morgan fingerprint density at radius 1 is 1.13 bits per heavy atom. The van der Waals surface area contributed by atoms with Crippen molar-refractivity contribution in [1.82, 2.24) is 14.9 Å². The van der Waals surface area contributed by atoms with Gasteiger partial charge in [-0.3, -0.25) is 0 Å². The van der Waals surface area contributed by atoms with Crippen molar-refractivity contribution in [2.45, 2.75) is 10.9 Å². The molecule has 1 N–H and O–H groups in total. The number of nitrogens with zero attached hydrogens (tertiary/aromatic N) is 4. The molecule has 0 aliphatic carbocycles. The van der Waals surface area contributed by atoms with E-state index in [0.717, 1.165) is 11.1 Å². The van der Waals surface area contributed by atoms with E-state index in [2.05, 4.69) is 15.3 Å². The predicted molar refractivity (Wildman–Crippen MR) is 115 cm³/mol. The fraction of sp³-hybridized carbons (Fsp3) is 0.0476. The van der Waals surface area contributed by atoms with Crippen molar-refractivity contribution < 1.29 is 14.3 Å². The minimum Gasteiger partial charge on any atom is -0.478 e. The third kappa shape index (κ3) is 4.61. The van der Waals surface area contributed by atoms with Gasteiger partial charge in [-0.2, -0.15) is 9.78 Å². The van der Waals surface area contributed by atoms with Crippen LogP contribution in [-0.4, -0.2) is 32.2 Å². The van der Waals surface area contributed by atoms with Gasteiger partial charge in [-0.1, -0.05) is 35.5 Å². The monoisotopic (exact) mass is 438 g/mol. The van der Waals surface area contributed by atoms with Crippen LogP contribution in [-0.2, 0) is 5.75 Å². The number of furan rings is 1. The molecule has 2 aromatic heterocycles. The summed E-state index contributed by atoms with van der Waals surface area (Å²) in [5, 5.41) is 23.3. The lowest BCUT2D eigenvalue weighted by Gasteiger charge is -2.05. The molecule has 2 heterocycles. The molecule has 0 fully saturated rings. The lowest BCUT2D eigenvalue weighted by molar-refractivity contribution is 0.0697. The molecule has 30 heavy (non-hydrogen) atoms. The number of hydrogen-bond donors (Lipinski definition) is 1. The van der Waals surface area contributed by atoms with E-state index >= 15 is 0 Å². The van der Waals surface area contributed by atoms with Crippen LogP contribution in [0.2, 0.25) is 5.02 Å². The largest absolute Gasteiger partial charge is 0.478 e. The Morgan fingerprint density at radius 2 is 1.90 bits per heavy atom. The highest BCUT2D eigenvalue weighted by Gasteiger charge is 2.14. The number of thioether (sulfide) groups is 1. The van der Waals surface area contributed by atoms with Crippen molar-refractivity contribution in [2.24, 2.45) is 5.10 Å². The summed E-state index contributed by atoms with van der Waals surface area (Å²) in [6.45, 7) is 0. The molecule has 2 aromatic carbocycles. The summed E-state index contributed by atoms with van der Waals surface area (Å²) < 4.78 is 6.96. The molecule has 0 amide bonds. The topological polar surface area (TPSA) is 93.5 Å². The van der Waals surface area contributed by atoms with E-state index in [9.17, 15) is 4.79 Å². The normalized spacial score (nSPS) is 11.2. The second-order valence-corrected chi connectivity index (χ2v) is 7.55. The van der Waals surface area contributed by atoms with Gasteiger partial charge in [0.2, 0.25) is 5.16 Å². The summed E-state index contributed by atoms with van der Waals surface area (Å²) in [7, 11) is 0. The van der Waals surface area contributed by atoms with Gasteiger partial charge in [-0.05, 0) is 54.1 Å². The van der Waals surface area contributed by atoms with Gasteiger partial charge in [0.1, 0.15) is 5.76 Å². The number of carboxylic acids is 1. The summed E-state index contributed by atoms with van der Waals surface area (Å²) in [6.07, 6.45) is 3.17. The average molecular weight is 439 g/mol. The zero-order valence-electron chi connectivity index (χ0n) is 15.5. The van der Waals surface area contributed by atoms with E-state index in [0.29, 0.717) is 27.5 Å². The summed E-state index contributed by atoms with van der Waals surface area (Å²) >= 11 is 7.44. The molecule has 0 unspecified atom stereocenters. The molecule has 0 aliphatic heterocycles. The van der Waals surface area contributed by atoms with E-state index in [1.165, 1.54) is 11.8 Å². The first-order valence-corrected chi connectivity index (χ1v) is 10.2. The van der Waals surface area contributed by atoms with Gasteiger partial charge in [0.15, 0.2) is 5.82 Å². The van der Waals surface area contributed by atoms with Gasteiger partial charge in [-0.25, -0.2) is 4.79 Å². The Morgan fingerprint density at radius 3 is 2.57 bits per heavy atom. The zero-order valence-corrected chi connectivity index (χ0v) is 17.0. The Kier molecular flexibility index (Phi) is 5.97. The fourth-order valence-electron chi connectivity index (χ4n) is 2.61. The van der Waals surface area contributed by atoms with E-state index < -0.39 is 5.97 Å². The molecule has 0 saturated carbocycles. The summed E-state index contributed by atoms with van der Waals surface area (Å²) in [5.41, 5.74) is 2.03. The van der Waals surface area contributed by atoms with Crippen LogP contribution in [0.3, 0.4) is 0 Å². The SMILES string of the molecule is O=C(O)c1ccc(CSc2nnc(-c3ccc(Cl)cc3)n2N=Cc2ccco2)cc1. The highest BCUT2D eigenvalue weighted by Crippen LogP contribution is 2.27. The first-order chi connectivity index (χ1) is 14.6.